The fraction of sp³-hybridized carbons (Fsp3) is 0.438. The minimum absolute atomic E-state index is 0.0277. The lowest BCUT2D eigenvalue weighted by Gasteiger charge is -2.25. The first-order valence-corrected chi connectivity index (χ1v) is 8.80. The molecule has 1 unspecified atom stereocenters. The van der Waals surface area contributed by atoms with Crippen LogP contribution in [-0.2, 0) is 4.79 Å². The van der Waals surface area contributed by atoms with Gasteiger partial charge in [-0.15, -0.1) is 11.3 Å². The number of hydrogen-bond donors (Lipinski definition) is 2. The molecule has 0 aromatic carbocycles. The van der Waals surface area contributed by atoms with Crippen LogP contribution in [0.1, 0.15) is 42.1 Å². The van der Waals surface area contributed by atoms with Crippen molar-refractivity contribution in [2.75, 3.05) is 25.0 Å². The molecule has 2 aromatic heterocycles. The highest BCUT2D eigenvalue weighted by Gasteiger charge is 2.26. The zero-order valence-electron chi connectivity index (χ0n) is 13.4. The first kappa shape index (κ1) is 16.7. The predicted molar refractivity (Wildman–Crippen MR) is 91.0 cm³/mol. The van der Waals surface area contributed by atoms with Gasteiger partial charge in [-0.1, -0.05) is 0 Å². The molecule has 0 spiro atoms. The first-order valence-electron chi connectivity index (χ1n) is 7.92. The minimum Gasteiger partial charge on any atom is -0.468 e. The molecule has 1 aliphatic heterocycles. The molecule has 0 saturated carbocycles. The number of rotatable bonds is 6. The van der Waals surface area contributed by atoms with Crippen LogP contribution in [0.5, 0.6) is 0 Å². The summed E-state index contributed by atoms with van der Waals surface area (Å²) in [6.07, 6.45) is 3.98. The van der Waals surface area contributed by atoms with Crippen LogP contribution in [-0.4, -0.2) is 41.3 Å². The van der Waals surface area contributed by atoms with E-state index in [1.54, 1.807) is 11.6 Å². The molecule has 1 saturated heterocycles. The van der Waals surface area contributed by atoms with E-state index in [1.165, 1.54) is 18.3 Å². The van der Waals surface area contributed by atoms with E-state index in [4.69, 9.17) is 4.42 Å². The summed E-state index contributed by atoms with van der Waals surface area (Å²) < 4.78 is 5.54. The maximum Gasteiger partial charge on any atom is 0.270 e. The zero-order chi connectivity index (χ0) is 16.9. The topological polar surface area (TPSA) is 87.5 Å². The van der Waals surface area contributed by atoms with Crippen LogP contribution in [0.15, 0.2) is 28.2 Å². The number of carbonyl (C=O) groups excluding carboxylic acids is 2. The molecule has 1 fully saturated rings. The number of nitrogens with one attached hydrogen (secondary N) is 2. The van der Waals surface area contributed by atoms with Crippen LogP contribution >= 0.6 is 11.3 Å². The summed E-state index contributed by atoms with van der Waals surface area (Å²) in [6, 6.07) is 3.83. The van der Waals surface area contributed by atoms with Crippen molar-refractivity contribution in [2.24, 2.45) is 0 Å². The van der Waals surface area contributed by atoms with Gasteiger partial charge in [-0.05, 0) is 38.1 Å². The number of likely N-dealkylation sites (tertiary alicyclic amines) is 1. The van der Waals surface area contributed by atoms with Crippen molar-refractivity contribution in [1.29, 1.82) is 0 Å². The molecule has 0 radical (unpaired) electrons. The number of amides is 2. The molecular formula is C16H20N4O3S. The van der Waals surface area contributed by atoms with Gasteiger partial charge < -0.3 is 15.1 Å². The summed E-state index contributed by atoms with van der Waals surface area (Å²) in [4.78, 5) is 29.8. The Morgan fingerprint density at radius 1 is 1.42 bits per heavy atom. The fourth-order valence-electron chi connectivity index (χ4n) is 2.81. The summed E-state index contributed by atoms with van der Waals surface area (Å²) in [5.41, 5.74) is 0.309. The van der Waals surface area contributed by atoms with Crippen molar-refractivity contribution in [3.05, 3.63) is 35.2 Å². The normalized spacial score (nSPS) is 16.0. The fourth-order valence-corrected chi connectivity index (χ4v) is 3.55. The van der Waals surface area contributed by atoms with Gasteiger partial charge >= 0.3 is 0 Å². The molecule has 24 heavy (non-hydrogen) atoms. The standard InChI is InChI=1S/C16H20N4O3S/c1-11(21)18-16-19-12(10-24-16)15(22)17-9-13(14-5-4-8-23-14)20-6-2-3-7-20/h4-5,8,10,13H,2-3,6-7,9H2,1H3,(H,17,22)(H,18,19,21). The van der Waals surface area contributed by atoms with Crippen molar-refractivity contribution >= 4 is 28.3 Å². The van der Waals surface area contributed by atoms with Gasteiger partial charge in [0.2, 0.25) is 5.91 Å². The van der Waals surface area contributed by atoms with E-state index in [2.05, 4.69) is 20.5 Å². The Kier molecular flexibility index (Phi) is 5.27. The summed E-state index contributed by atoms with van der Waals surface area (Å²) in [6.45, 7) is 3.87. The number of anilines is 1. The molecule has 0 aliphatic carbocycles. The third-order valence-electron chi connectivity index (χ3n) is 3.93. The van der Waals surface area contributed by atoms with E-state index in [9.17, 15) is 9.59 Å². The highest BCUT2D eigenvalue weighted by Crippen LogP contribution is 2.25. The number of nitrogens with zero attached hydrogens (tertiary/aromatic N) is 2. The summed E-state index contributed by atoms with van der Waals surface area (Å²) in [5, 5.41) is 7.56. The van der Waals surface area contributed by atoms with Gasteiger partial charge in [-0.2, -0.15) is 0 Å². The Morgan fingerprint density at radius 2 is 2.21 bits per heavy atom. The zero-order valence-corrected chi connectivity index (χ0v) is 14.3. The monoisotopic (exact) mass is 348 g/mol. The van der Waals surface area contributed by atoms with Gasteiger partial charge in [-0.25, -0.2) is 4.98 Å². The van der Waals surface area contributed by atoms with Crippen molar-refractivity contribution in [1.82, 2.24) is 15.2 Å². The third-order valence-corrected chi connectivity index (χ3v) is 4.69. The average Bonchev–Trinajstić information content (AvgIpc) is 3.29. The third kappa shape index (κ3) is 4.01. The number of thiazole rings is 1. The van der Waals surface area contributed by atoms with Gasteiger partial charge in [0.25, 0.3) is 5.91 Å². The van der Waals surface area contributed by atoms with Crippen LogP contribution in [0, 0.1) is 0 Å². The van der Waals surface area contributed by atoms with E-state index in [-0.39, 0.29) is 17.9 Å². The van der Waals surface area contributed by atoms with E-state index in [1.807, 2.05) is 12.1 Å². The molecule has 3 heterocycles. The van der Waals surface area contributed by atoms with Gasteiger partial charge in [0, 0.05) is 18.8 Å². The molecule has 7 nitrogen and oxygen atoms in total. The van der Waals surface area contributed by atoms with Crippen molar-refractivity contribution in [2.45, 2.75) is 25.8 Å². The van der Waals surface area contributed by atoms with E-state index in [0.29, 0.717) is 17.4 Å². The lowest BCUT2D eigenvalue weighted by Crippen LogP contribution is -2.36. The average molecular weight is 348 g/mol. The van der Waals surface area contributed by atoms with Crippen LogP contribution < -0.4 is 10.6 Å². The highest BCUT2D eigenvalue weighted by atomic mass is 32.1. The summed E-state index contributed by atoms with van der Waals surface area (Å²) >= 11 is 1.23. The molecule has 2 aromatic rings. The maximum atomic E-state index is 12.3. The van der Waals surface area contributed by atoms with Crippen LogP contribution in [0.25, 0.3) is 0 Å². The van der Waals surface area contributed by atoms with Gasteiger partial charge in [0.05, 0.1) is 12.3 Å². The Bertz CT molecular complexity index is 692. The second-order valence-electron chi connectivity index (χ2n) is 5.70. The molecule has 2 amide bonds. The molecule has 0 bridgehead atoms. The van der Waals surface area contributed by atoms with Crippen LogP contribution in [0.2, 0.25) is 0 Å². The molecular weight excluding hydrogens is 328 g/mol. The number of carbonyl (C=O) groups is 2. The van der Waals surface area contributed by atoms with Crippen LogP contribution in [0.3, 0.4) is 0 Å². The van der Waals surface area contributed by atoms with Crippen molar-refractivity contribution < 1.29 is 14.0 Å². The summed E-state index contributed by atoms with van der Waals surface area (Å²) in [7, 11) is 0. The second kappa shape index (κ2) is 7.59. The summed E-state index contributed by atoms with van der Waals surface area (Å²) in [5.74, 6) is 0.399. The Hall–Kier alpha value is -2.19. The van der Waals surface area contributed by atoms with E-state index in [0.717, 1.165) is 31.7 Å². The SMILES string of the molecule is CC(=O)Nc1nc(C(=O)NCC(c2ccco2)N2CCCC2)cs1. The predicted octanol–water partition coefficient (Wildman–Crippen LogP) is 2.26. The van der Waals surface area contributed by atoms with E-state index >= 15 is 0 Å². The minimum atomic E-state index is -0.251. The number of aromatic nitrogens is 1. The van der Waals surface area contributed by atoms with E-state index < -0.39 is 0 Å². The lowest BCUT2D eigenvalue weighted by atomic mass is 10.2. The Balaban J connectivity index is 1.62. The molecule has 8 heteroatoms. The first-order chi connectivity index (χ1) is 11.6. The molecule has 1 aliphatic rings. The Labute approximate surface area is 144 Å². The molecule has 1 atom stereocenters. The van der Waals surface area contributed by atoms with Crippen molar-refractivity contribution in [3.8, 4) is 0 Å². The highest BCUT2D eigenvalue weighted by molar-refractivity contribution is 7.14. The second-order valence-corrected chi connectivity index (χ2v) is 6.56. The van der Waals surface area contributed by atoms with Gasteiger partial charge in [0.1, 0.15) is 11.5 Å². The molecule has 3 rings (SSSR count). The largest absolute Gasteiger partial charge is 0.468 e. The molecule has 128 valence electrons. The molecule has 2 N–H and O–H groups in total. The quantitative estimate of drug-likeness (QED) is 0.836. The lowest BCUT2D eigenvalue weighted by molar-refractivity contribution is -0.114. The maximum absolute atomic E-state index is 12.3. The van der Waals surface area contributed by atoms with Crippen LogP contribution in [0.4, 0.5) is 5.13 Å². The Morgan fingerprint density at radius 3 is 2.88 bits per heavy atom. The number of hydrogen-bond acceptors (Lipinski definition) is 6. The van der Waals surface area contributed by atoms with Gasteiger partial charge in [-0.3, -0.25) is 14.5 Å². The smallest absolute Gasteiger partial charge is 0.270 e. The number of furan rings is 1. The van der Waals surface area contributed by atoms with Gasteiger partial charge in [0.15, 0.2) is 5.13 Å². The van der Waals surface area contributed by atoms with Crippen molar-refractivity contribution in [3.63, 3.8) is 0 Å².